The Bertz CT molecular complexity index is 464. The molecule has 4 aliphatic rings. The van der Waals surface area contributed by atoms with Crippen molar-refractivity contribution >= 4 is 5.90 Å². The molecule has 1 unspecified atom stereocenters. The monoisotopic (exact) mass is 322 g/mol. The van der Waals surface area contributed by atoms with E-state index in [-0.39, 0.29) is 11.5 Å². The van der Waals surface area contributed by atoms with Gasteiger partial charge < -0.3 is 19.8 Å². The molecule has 3 saturated heterocycles. The van der Waals surface area contributed by atoms with E-state index in [2.05, 4.69) is 34.2 Å². The van der Waals surface area contributed by atoms with Gasteiger partial charge in [0.2, 0.25) is 5.90 Å². The van der Waals surface area contributed by atoms with Gasteiger partial charge in [-0.25, -0.2) is 0 Å². The number of likely N-dealkylation sites (N-methyl/N-ethyl adjacent to an activating group) is 1. The first kappa shape index (κ1) is 15.7. The highest BCUT2D eigenvalue weighted by atomic mass is 16.7. The summed E-state index contributed by atoms with van der Waals surface area (Å²) in [5, 5.41) is 7.67. The fraction of sp³-hybridized carbons (Fsp3) is 0.941. The molecule has 4 aliphatic heterocycles. The molecule has 0 aromatic carbocycles. The first-order valence-corrected chi connectivity index (χ1v) is 9.14. The molecule has 1 N–H and O–H groups in total. The van der Waals surface area contributed by atoms with Crippen LogP contribution in [0.25, 0.3) is 0 Å². The van der Waals surface area contributed by atoms with E-state index in [0.29, 0.717) is 6.61 Å². The van der Waals surface area contributed by atoms with Crippen LogP contribution in [0, 0.1) is 11.3 Å². The number of nitrogens with one attached hydrogen (secondary N) is 1. The Labute approximate surface area is 139 Å². The van der Waals surface area contributed by atoms with Gasteiger partial charge >= 0.3 is 0 Å². The fourth-order valence-corrected chi connectivity index (χ4v) is 4.62. The summed E-state index contributed by atoms with van der Waals surface area (Å²) in [5.41, 5.74) is 0.0334. The van der Waals surface area contributed by atoms with Crippen LogP contribution in [0.2, 0.25) is 0 Å². The molecule has 4 rings (SSSR count). The number of hydrogen-bond donors (Lipinski definition) is 1. The first-order chi connectivity index (χ1) is 11.1. The number of nitrogens with zero attached hydrogens (tertiary/aromatic N) is 3. The molecule has 0 radical (unpaired) electrons. The van der Waals surface area contributed by atoms with E-state index in [9.17, 15) is 0 Å². The maximum absolute atomic E-state index is 6.28. The zero-order chi connectivity index (χ0) is 15.9. The molecule has 4 heterocycles. The highest BCUT2D eigenvalue weighted by Crippen LogP contribution is 2.33. The van der Waals surface area contributed by atoms with Gasteiger partial charge in [0, 0.05) is 31.1 Å². The molecule has 0 amide bonds. The minimum atomic E-state index is 0.0334. The van der Waals surface area contributed by atoms with Crippen LogP contribution in [0.15, 0.2) is 5.16 Å². The standard InChI is InChI=1S/C17H30N4O2/c1-17(4-6-18-7-5-17)16-19-22-12-14(23-16)10-21-9-13-3-8-20(2)15(13)11-21/h13-15,18H,3-12H2,1-2H3/t13-,14?,15+/m1/s1. The normalized spacial score (nSPS) is 37.8. The fourth-order valence-electron chi connectivity index (χ4n) is 4.62. The lowest BCUT2D eigenvalue weighted by atomic mass is 9.80. The number of likely N-dealkylation sites (tertiary alicyclic amines) is 2. The molecule has 23 heavy (non-hydrogen) atoms. The first-order valence-electron chi connectivity index (χ1n) is 9.14. The molecule has 0 saturated carbocycles. The van der Waals surface area contributed by atoms with Gasteiger partial charge in [-0.1, -0.05) is 12.1 Å². The van der Waals surface area contributed by atoms with E-state index in [1.165, 1.54) is 26.1 Å². The van der Waals surface area contributed by atoms with Crippen molar-refractivity contribution in [3.8, 4) is 0 Å². The number of fused-ring (bicyclic) bond motifs is 1. The summed E-state index contributed by atoms with van der Waals surface area (Å²) >= 11 is 0. The van der Waals surface area contributed by atoms with Crippen molar-refractivity contribution in [2.24, 2.45) is 16.5 Å². The van der Waals surface area contributed by atoms with Gasteiger partial charge in [0.15, 0.2) is 6.61 Å². The van der Waals surface area contributed by atoms with Gasteiger partial charge in [-0.15, -0.1) is 0 Å². The van der Waals surface area contributed by atoms with Crippen LogP contribution < -0.4 is 5.32 Å². The van der Waals surface area contributed by atoms with Crippen LogP contribution in [-0.4, -0.2) is 80.8 Å². The second kappa shape index (κ2) is 6.22. The summed E-state index contributed by atoms with van der Waals surface area (Å²) in [6.07, 6.45) is 3.61. The van der Waals surface area contributed by atoms with Crippen LogP contribution in [0.4, 0.5) is 0 Å². The molecule has 0 aliphatic carbocycles. The van der Waals surface area contributed by atoms with E-state index in [1.807, 2.05) is 0 Å². The summed E-state index contributed by atoms with van der Waals surface area (Å²) in [4.78, 5) is 10.6. The number of piperidine rings is 1. The largest absolute Gasteiger partial charge is 0.470 e. The molecule has 3 fully saturated rings. The van der Waals surface area contributed by atoms with Crippen molar-refractivity contribution in [1.82, 2.24) is 15.1 Å². The molecule has 3 atom stereocenters. The third-order valence-electron chi connectivity index (χ3n) is 6.27. The Balaban J connectivity index is 1.34. The summed E-state index contributed by atoms with van der Waals surface area (Å²) in [6, 6.07) is 0.745. The second-order valence-corrected chi connectivity index (χ2v) is 8.06. The summed E-state index contributed by atoms with van der Waals surface area (Å²) < 4.78 is 6.28. The Morgan fingerprint density at radius 2 is 2.13 bits per heavy atom. The third-order valence-corrected chi connectivity index (χ3v) is 6.27. The average Bonchev–Trinajstić information content (AvgIpc) is 3.10. The molecule has 6 heteroatoms. The number of hydrogen-bond acceptors (Lipinski definition) is 6. The van der Waals surface area contributed by atoms with E-state index in [4.69, 9.17) is 9.57 Å². The van der Waals surface area contributed by atoms with Crippen LogP contribution in [0.1, 0.15) is 26.2 Å². The van der Waals surface area contributed by atoms with Gasteiger partial charge in [0.1, 0.15) is 6.10 Å². The van der Waals surface area contributed by atoms with Crippen molar-refractivity contribution in [3.05, 3.63) is 0 Å². The molecule has 0 aromatic rings. The SMILES string of the molecule is CN1CC[C@@H]2CN(CC3CON=C(C4(C)CCNCC4)O3)C[C@@H]21. The van der Waals surface area contributed by atoms with E-state index in [1.54, 1.807) is 0 Å². The second-order valence-electron chi connectivity index (χ2n) is 8.06. The van der Waals surface area contributed by atoms with Crippen molar-refractivity contribution in [2.75, 3.05) is 52.9 Å². The highest BCUT2D eigenvalue weighted by molar-refractivity contribution is 5.82. The maximum Gasteiger partial charge on any atom is 0.232 e. The molecular weight excluding hydrogens is 292 g/mol. The lowest BCUT2D eigenvalue weighted by Crippen LogP contribution is -2.47. The van der Waals surface area contributed by atoms with Gasteiger partial charge in [-0.3, -0.25) is 4.90 Å². The lowest BCUT2D eigenvalue weighted by Gasteiger charge is -2.37. The summed E-state index contributed by atoms with van der Waals surface area (Å²) in [5.74, 6) is 1.67. The molecule has 0 aromatic heterocycles. The van der Waals surface area contributed by atoms with Crippen LogP contribution in [0.5, 0.6) is 0 Å². The Hall–Kier alpha value is -0.850. The smallest absolute Gasteiger partial charge is 0.232 e. The quantitative estimate of drug-likeness (QED) is 0.831. The lowest BCUT2D eigenvalue weighted by molar-refractivity contribution is -0.0192. The average molecular weight is 322 g/mol. The number of oxime groups is 1. The Kier molecular flexibility index (Phi) is 4.24. The van der Waals surface area contributed by atoms with Gasteiger partial charge in [0.05, 0.1) is 0 Å². The van der Waals surface area contributed by atoms with E-state index < -0.39 is 0 Å². The summed E-state index contributed by atoms with van der Waals surface area (Å²) in [6.45, 7) is 9.52. The Morgan fingerprint density at radius 3 is 2.91 bits per heavy atom. The molecule has 130 valence electrons. The van der Waals surface area contributed by atoms with Gasteiger partial charge in [-0.2, -0.15) is 0 Å². The maximum atomic E-state index is 6.28. The Morgan fingerprint density at radius 1 is 1.30 bits per heavy atom. The van der Waals surface area contributed by atoms with Crippen molar-refractivity contribution < 1.29 is 9.57 Å². The van der Waals surface area contributed by atoms with Crippen LogP contribution in [0.3, 0.4) is 0 Å². The van der Waals surface area contributed by atoms with E-state index >= 15 is 0 Å². The van der Waals surface area contributed by atoms with Crippen LogP contribution in [-0.2, 0) is 9.57 Å². The van der Waals surface area contributed by atoms with Crippen molar-refractivity contribution in [1.29, 1.82) is 0 Å². The minimum absolute atomic E-state index is 0.0334. The van der Waals surface area contributed by atoms with Gasteiger partial charge in [-0.05, 0) is 51.9 Å². The molecule has 6 nitrogen and oxygen atoms in total. The molecular formula is C17H30N4O2. The minimum Gasteiger partial charge on any atom is -0.470 e. The topological polar surface area (TPSA) is 49.3 Å². The summed E-state index contributed by atoms with van der Waals surface area (Å²) in [7, 11) is 2.26. The predicted octanol–water partition coefficient (Wildman–Crippen LogP) is 0.741. The van der Waals surface area contributed by atoms with E-state index in [0.717, 1.165) is 50.3 Å². The zero-order valence-corrected chi connectivity index (χ0v) is 14.5. The molecule has 0 bridgehead atoms. The third kappa shape index (κ3) is 3.08. The van der Waals surface area contributed by atoms with Crippen molar-refractivity contribution in [2.45, 2.75) is 38.3 Å². The number of rotatable bonds is 3. The van der Waals surface area contributed by atoms with Crippen LogP contribution >= 0.6 is 0 Å². The number of ether oxygens (including phenoxy) is 1. The molecule has 0 spiro atoms. The zero-order valence-electron chi connectivity index (χ0n) is 14.5. The predicted molar refractivity (Wildman–Crippen MR) is 89.4 cm³/mol. The van der Waals surface area contributed by atoms with Gasteiger partial charge in [0.25, 0.3) is 0 Å². The highest BCUT2D eigenvalue weighted by Gasteiger charge is 2.42. The van der Waals surface area contributed by atoms with Crippen molar-refractivity contribution in [3.63, 3.8) is 0 Å².